The highest BCUT2D eigenvalue weighted by molar-refractivity contribution is 6.34. The third-order valence-corrected chi connectivity index (χ3v) is 4.23. The van der Waals surface area contributed by atoms with Crippen molar-refractivity contribution >= 4 is 34.2 Å². The minimum absolute atomic E-state index is 0.0462. The SMILES string of the molecule is CCc1cccc(C)c1NC(=O)c1cc2cccc(Cl)c2oc1=O. The van der Waals surface area contributed by atoms with E-state index < -0.39 is 11.5 Å². The van der Waals surface area contributed by atoms with Crippen molar-refractivity contribution in [3.8, 4) is 0 Å². The molecule has 122 valence electrons. The predicted molar refractivity (Wildman–Crippen MR) is 96.0 cm³/mol. The molecular formula is C19H16ClNO3. The molecule has 0 fully saturated rings. The third kappa shape index (κ3) is 2.93. The lowest BCUT2D eigenvalue weighted by molar-refractivity contribution is 0.102. The number of hydrogen-bond donors (Lipinski definition) is 1. The van der Waals surface area contributed by atoms with Crippen LogP contribution in [0.2, 0.25) is 5.02 Å². The van der Waals surface area contributed by atoms with Gasteiger partial charge in [0.15, 0.2) is 5.58 Å². The molecule has 0 bridgehead atoms. The van der Waals surface area contributed by atoms with Gasteiger partial charge in [0.05, 0.1) is 5.02 Å². The molecule has 0 aliphatic heterocycles. The summed E-state index contributed by atoms with van der Waals surface area (Å²) in [5.74, 6) is -0.491. The molecule has 0 radical (unpaired) electrons. The van der Waals surface area contributed by atoms with Crippen LogP contribution in [0.3, 0.4) is 0 Å². The second kappa shape index (κ2) is 6.49. The second-order valence-electron chi connectivity index (χ2n) is 5.52. The van der Waals surface area contributed by atoms with Crippen molar-refractivity contribution in [1.82, 2.24) is 0 Å². The molecule has 0 saturated carbocycles. The number of halogens is 1. The fraction of sp³-hybridized carbons (Fsp3) is 0.158. The van der Waals surface area contributed by atoms with Crippen molar-refractivity contribution in [2.45, 2.75) is 20.3 Å². The van der Waals surface area contributed by atoms with E-state index in [0.717, 1.165) is 23.2 Å². The molecule has 4 nitrogen and oxygen atoms in total. The minimum Gasteiger partial charge on any atom is -0.421 e. The van der Waals surface area contributed by atoms with Gasteiger partial charge in [0.1, 0.15) is 5.56 Å². The Morgan fingerprint density at radius 1 is 1.21 bits per heavy atom. The number of para-hydroxylation sites is 2. The van der Waals surface area contributed by atoms with Gasteiger partial charge in [-0.25, -0.2) is 4.79 Å². The lowest BCUT2D eigenvalue weighted by Crippen LogP contribution is -2.21. The number of carbonyl (C=O) groups excluding carboxylic acids is 1. The second-order valence-corrected chi connectivity index (χ2v) is 5.93. The molecule has 3 rings (SSSR count). The van der Waals surface area contributed by atoms with E-state index in [1.165, 1.54) is 6.07 Å². The number of amides is 1. The van der Waals surface area contributed by atoms with Crippen LogP contribution in [-0.2, 0) is 6.42 Å². The summed E-state index contributed by atoms with van der Waals surface area (Å²) in [6.07, 6.45) is 0.777. The molecule has 2 aromatic carbocycles. The zero-order valence-electron chi connectivity index (χ0n) is 13.4. The Bertz CT molecular complexity index is 992. The summed E-state index contributed by atoms with van der Waals surface area (Å²) in [5, 5.41) is 3.78. The molecule has 1 aromatic heterocycles. The average Bonchev–Trinajstić information content (AvgIpc) is 2.57. The number of benzene rings is 2. The van der Waals surface area contributed by atoms with E-state index in [4.69, 9.17) is 16.0 Å². The van der Waals surface area contributed by atoms with Crippen LogP contribution in [0.4, 0.5) is 5.69 Å². The van der Waals surface area contributed by atoms with Gasteiger partial charge >= 0.3 is 5.63 Å². The van der Waals surface area contributed by atoms with Crippen LogP contribution >= 0.6 is 11.6 Å². The van der Waals surface area contributed by atoms with Crippen LogP contribution in [-0.4, -0.2) is 5.91 Å². The van der Waals surface area contributed by atoms with E-state index in [1.54, 1.807) is 18.2 Å². The molecule has 5 heteroatoms. The van der Waals surface area contributed by atoms with Crippen molar-refractivity contribution in [2.24, 2.45) is 0 Å². The highest BCUT2D eigenvalue weighted by Crippen LogP contribution is 2.24. The maximum Gasteiger partial charge on any atom is 0.349 e. The average molecular weight is 342 g/mol. The van der Waals surface area contributed by atoms with Gasteiger partial charge in [-0.15, -0.1) is 0 Å². The maximum atomic E-state index is 12.6. The standard InChI is InChI=1S/C19H16ClNO3/c1-3-12-7-4-6-11(2)16(12)21-18(22)14-10-13-8-5-9-15(20)17(13)24-19(14)23/h4-10H,3H2,1-2H3,(H,21,22). The predicted octanol–water partition coefficient (Wildman–Crippen LogP) is 4.57. The van der Waals surface area contributed by atoms with Crippen molar-refractivity contribution < 1.29 is 9.21 Å². The van der Waals surface area contributed by atoms with E-state index in [0.29, 0.717) is 10.4 Å². The van der Waals surface area contributed by atoms with Gasteiger partial charge in [0, 0.05) is 11.1 Å². The maximum absolute atomic E-state index is 12.6. The van der Waals surface area contributed by atoms with Crippen LogP contribution in [0.25, 0.3) is 11.0 Å². The minimum atomic E-state index is -0.709. The fourth-order valence-corrected chi connectivity index (χ4v) is 2.87. The Morgan fingerprint density at radius 3 is 2.71 bits per heavy atom. The molecule has 1 amide bonds. The number of aryl methyl sites for hydroxylation is 2. The first-order chi connectivity index (χ1) is 11.5. The van der Waals surface area contributed by atoms with Crippen molar-refractivity contribution in [3.63, 3.8) is 0 Å². The van der Waals surface area contributed by atoms with Crippen LogP contribution in [0.1, 0.15) is 28.4 Å². The smallest absolute Gasteiger partial charge is 0.349 e. The summed E-state index contributed by atoms with van der Waals surface area (Å²) in [7, 11) is 0. The van der Waals surface area contributed by atoms with E-state index in [-0.39, 0.29) is 11.1 Å². The molecule has 1 heterocycles. The monoisotopic (exact) mass is 341 g/mol. The van der Waals surface area contributed by atoms with Crippen molar-refractivity contribution in [3.05, 3.63) is 74.6 Å². The summed E-state index contributed by atoms with van der Waals surface area (Å²) >= 11 is 6.02. The summed E-state index contributed by atoms with van der Waals surface area (Å²) < 4.78 is 5.22. The third-order valence-electron chi connectivity index (χ3n) is 3.94. The van der Waals surface area contributed by atoms with Crippen LogP contribution < -0.4 is 10.9 Å². The molecular weight excluding hydrogens is 326 g/mol. The summed E-state index contributed by atoms with van der Waals surface area (Å²) in [6.45, 7) is 3.92. The summed E-state index contributed by atoms with van der Waals surface area (Å²) in [6, 6.07) is 12.4. The van der Waals surface area contributed by atoms with Gasteiger partial charge in [-0.3, -0.25) is 4.79 Å². The Kier molecular flexibility index (Phi) is 4.40. The Labute approximate surface area is 144 Å². The number of fused-ring (bicyclic) bond motifs is 1. The van der Waals surface area contributed by atoms with Gasteiger partial charge in [-0.1, -0.05) is 48.9 Å². The molecule has 1 N–H and O–H groups in total. The normalized spacial score (nSPS) is 10.8. The highest BCUT2D eigenvalue weighted by atomic mass is 35.5. The summed E-state index contributed by atoms with van der Waals surface area (Å²) in [5.41, 5.74) is 2.21. The molecule has 0 spiro atoms. The largest absolute Gasteiger partial charge is 0.421 e. The molecule has 24 heavy (non-hydrogen) atoms. The molecule has 3 aromatic rings. The molecule has 0 saturated heterocycles. The van der Waals surface area contributed by atoms with E-state index >= 15 is 0 Å². The fourth-order valence-electron chi connectivity index (χ4n) is 2.65. The molecule has 0 aliphatic carbocycles. The van der Waals surface area contributed by atoms with Crippen molar-refractivity contribution in [1.29, 1.82) is 0 Å². The zero-order valence-corrected chi connectivity index (χ0v) is 14.1. The van der Waals surface area contributed by atoms with Gasteiger partial charge in [0.2, 0.25) is 0 Å². The van der Waals surface area contributed by atoms with Gasteiger partial charge in [-0.05, 0) is 36.6 Å². The first-order valence-electron chi connectivity index (χ1n) is 7.63. The Balaban J connectivity index is 2.04. The zero-order chi connectivity index (χ0) is 17.3. The van der Waals surface area contributed by atoms with E-state index in [2.05, 4.69) is 5.32 Å². The molecule has 0 aliphatic rings. The van der Waals surface area contributed by atoms with Crippen LogP contribution in [0, 0.1) is 6.92 Å². The van der Waals surface area contributed by atoms with Crippen molar-refractivity contribution in [2.75, 3.05) is 5.32 Å². The lowest BCUT2D eigenvalue weighted by Gasteiger charge is -2.12. The molecule has 0 unspecified atom stereocenters. The Hall–Kier alpha value is -2.59. The molecule has 0 atom stereocenters. The number of carbonyl (C=O) groups is 1. The van der Waals surface area contributed by atoms with Crippen LogP contribution in [0.5, 0.6) is 0 Å². The number of nitrogens with one attached hydrogen (secondary N) is 1. The van der Waals surface area contributed by atoms with Gasteiger partial charge in [0.25, 0.3) is 5.91 Å². The van der Waals surface area contributed by atoms with E-state index in [1.807, 2.05) is 32.0 Å². The summed E-state index contributed by atoms with van der Waals surface area (Å²) in [4.78, 5) is 24.8. The quantitative estimate of drug-likeness (QED) is 0.710. The highest BCUT2D eigenvalue weighted by Gasteiger charge is 2.17. The van der Waals surface area contributed by atoms with Gasteiger partial charge in [-0.2, -0.15) is 0 Å². The topological polar surface area (TPSA) is 59.3 Å². The van der Waals surface area contributed by atoms with Gasteiger partial charge < -0.3 is 9.73 Å². The van der Waals surface area contributed by atoms with Crippen LogP contribution in [0.15, 0.2) is 51.7 Å². The number of hydrogen-bond acceptors (Lipinski definition) is 3. The van der Waals surface area contributed by atoms with E-state index in [9.17, 15) is 9.59 Å². The first-order valence-corrected chi connectivity index (χ1v) is 8.01. The number of anilines is 1. The number of rotatable bonds is 3. The lowest BCUT2D eigenvalue weighted by atomic mass is 10.1. The first kappa shape index (κ1) is 16.3. The Morgan fingerprint density at radius 2 is 1.96 bits per heavy atom.